The van der Waals surface area contributed by atoms with Crippen LogP contribution in [0.1, 0.15) is 55.2 Å². The summed E-state index contributed by atoms with van der Waals surface area (Å²) in [6.45, 7) is 7.64. The van der Waals surface area contributed by atoms with Gasteiger partial charge in [0.25, 0.3) is 0 Å². The van der Waals surface area contributed by atoms with E-state index in [1.54, 1.807) is 11.3 Å². The van der Waals surface area contributed by atoms with Crippen LogP contribution in [0.15, 0.2) is 40.2 Å². The van der Waals surface area contributed by atoms with Crippen molar-refractivity contribution in [3.8, 4) is 0 Å². The second-order valence-electron chi connectivity index (χ2n) is 5.10. The van der Waals surface area contributed by atoms with Crippen molar-refractivity contribution in [3.05, 3.63) is 56.2 Å². The lowest BCUT2D eigenvalue weighted by Crippen LogP contribution is -2.21. The lowest BCUT2D eigenvalue weighted by molar-refractivity contribution is 0.637. The van der Waals surface area contributed by atoms with Crippen molar-refractivity contribution in [1.29, 1.82) is 0 Å². The Morgan fingerprint density at radius 1 is 1.10 bits per heavy atom. The molecule has 0 aliphatic heterocycles. The zero-order chi connectivity index (χ0) is 14.5. The fourth-order valence-corrected chi connectivity index (χ4v) is 4.03. The SMILES string of the molecule is CCNC(c1ccc(C(C)CC)cc1)c1sccc1Br. The zero-order valence-corrected chi connectivity index (χ0v) is 14.7. The Bertz CT molecular complexity index is 532. The van der Waals surface area contributed by atoms with Crippen LogP contribution in [0.2, 0.25) is 0 Å². The molecule has 0 aliphatic rings. The van der Waals surface area contributed by atoms with Gasteiger partial charge in [-0.05, 0) is 57.4 Å². The summed E-state index contributed by atoms with van der Waals surface area (Å²) in [5.74, 6) is 0.634. The summed E-state index contributed by atoms with van der Waals surface area (Å²) in [6, 6.07) is 11.5. The molecule has 3 heteroatoms. The van der Waals surface area contributed by atoms with Crippen molar-refractivity contribution in [3.63, 3.8) is 0 Å². The highest BCUT2D eigenvalue weighted by atomic mass is 79.9. The van der Waals surface area contributed by atoms with Crippen molar-refractivity contribution in [2.75, 3.05) is 6.54 Å². The van der Waals surface area contributed by atoms with Gasteiger partial charge in [-0.25, -0.2) is 0 Å². The van der Waals surface area contributed by atoms with E-state index in [1.807, 2.05) is 0 Å². The van der Waals surface area contributed by atoms with Gasteiger partial charge < -0.3 is 5.32 Å². The summed E-state index contributed by atoms with van der Waals surface area (Å²) in [7, 11) is 0. The quantitative estimate of drug-likeness (QED) is 0.701. The van der Waals surface area contributed by atoms with Crippen molar-refractivity contribution < 1.29 is 0 Å². The van der Waals surface area contributed by atoms with Crippen LogP contribution in [0.5, 0.6) is 0 Å². The average Bonchev–Trinajstić information content (AvgIpc) is 2.90. The van der Waals surface area contributed by atoms with E-state index in [4.69, 9.17) is 0 Å². The first kappa shape index (κ1) is 15.7. The summed E-state index contributed by atoms with van der Waals surface area (Å²) in [6.07, 6.45) is 1.19. The van der Waals surface area contributed by atoms with Crippen LogP contribution in [-0.2, 0) is 0 Å². The van der Waals surface area contributed by atoms with E-state index in [1.165, 1.54) is 26.9 Å². The fraction of sp³-hybridized carbons (Fsp3) is 0.412. The van der Waals surface area contributed by atoms with Crippen LogP contribution < -0.4 is 5.32 Å². The number of hydrogen-bond acceptors (Lipinski definition) is 2. The number of benzene rings is 1. The maximum Gasteiger partial charge on any atom is 0.0682 e. The van der Waals surface area contributed by atoms with Crippen molar-refractivity contribution in [2.24, 2.45) is 0 Å². The van der Waals surface area contributed by atoms with Crippen molar-refractivity contribution in [2.45, 2.75) is 39.2 Å². The summed E-state index contributed by atoms with van der Waals surface area (Å²) in [5.41, 5.74) is 2.76. The molecule has 2 atom stereocenters. The topological polar surface area (TPSA) is 12.0 Å². The summed E-state index contributed by atoms with van der Waals surface area (Å²) in [5, 5.41) is 5.72. The first-order valence-corrected chi connectivity index (χ1v) is 8.90. The van der Waals surface area contributed by atoms with Gasteiger partial charge in [-0.3, -0.25) is 0 Å². The lowest BCUT2D eigenvalue weighted by atomic mass is 9.95. The molecule has 2 rings (SSSR count). The second kappa shape index (κ2) is 7.39. The number of hydrogen-bond donors (Lipinski definition) is 1. The molecule has 0 spiro atoms. The van der Waals surface area contributed by atoms with Crippen LogP contribution in [0.25, 0.3) is 0 Å². The molecule has 20 heavy (non-hydrogen) atoms. The Morgan fingerprint density at radius 3 is 2.25 bits per heavy atom. The van der Waals surface area contributed by atoms with Crippen LogP contribution in [-0.4, -0.2) is 6.54 Å². The molecular weight excluding hydrogens is 330 g/mol. The molecule has 0 radical (unpaired) electrons. The van der Waals surface area contributed by atoms with Gasteiger partial charge in [-0.2, -0.15) is 0 Å². The van der Waals surface area contributed by atoms with E-state index < -0.39 is 0 Å². The standard InChI is InChI=1S/C17H22BrNS/c1-4-12(3)13-6-8-14(9-7-13)16(19-5-2)17-15(18)10-11-20-17/h6-12,16,19H,4-5H2,1-3H3. The monoisotopic (exact) mass is 351 g/mol. The fourth-order valence-electron chi connectivity index (χ4n) is 2.33. The Labute approximate surface area is 134 Å². The smallest absolute Gasteiger partial charge is 0.0682 e. The Balaban J connectivity index is 2.28. The third-order valence-corrected chi connectivity index (χ3v) is 5.70. The molecule has 0 amide bonds. The van der Waals surface area contributed by atoms with Gasteiger partial charge in [0.1, 0.15) is 0 Å². The minimum absolute atomic E-state index is 0.278. The molecule has 1 heterocycles. The predicted octanol–water partition coefficient (Wildman–Crippen LogP) is 5.72. The third kappa shape index (κ3) is 3.51. The summed E-state index contributed by atoms with van der Waals surface area (Å²) >= 11 is 5.45. The minimum Gasteiger partial charge on any atom is -0.306 e. The molecule has 108 valence electrons. The highest BCUT2D eigenvalue weighted by Crippen LogP contribution is 2.33. The largest absolute Gasteiger partial charge is 0.306 e. The summed E-state index contributed by atoms with van der Waals surface area (Å²) < 4.78 is 1.19. The molecule has 2 unspecified atom stereocenters. The highest BCUT2D eigenvalue weighted by molar-refractivity contribution is 9.10. The van der Waals surface area contributed by atoms with E-state index in [0.717, 1.165) is 6.54 Å². The molecule has 1 nitrogen and oxygen atoms in total. The molecule has 1 N–H and O–H groups in total. The maximum atomic E-state index is 3.65. The lowest BCUT2D eigenvalue weighted by Gasteiger charge is -2.19. The van der Waals surface area contributed by atoms with E-state index in [-0.39, 0.29) is 6.04 Å². The molecule has 0 bridgehead atoms. The van der Waals surface area contributed by atoms with E-state index in [2.05, 4.69) is 77.7 Å². The van der Waals surface area contributed by atoms with Gasteiger partial charge in [-0.15, -0.1) is 11.3 Å². The van der Waals surface area contributed by atoms with Gasteiger partial charge in [0.2, 0.25) is 0 Å². The Kier molecular flexibility index (Phi) is 5.82. The molecule has 1 aromatic heterocycles. The molecule has 0 saturated heterocycles. The summed E-state index contributed by atoms with van der Waals surface area (Å²) in [4.78, 5) is 1.35. The number of halogens is 1. The van der Waals surface area contributed by atoms with Crippen LogP contribution in [0, 0.1) is 0 Å². The van der Waals surface area contributed by atoms with Crippen molar-refractivity contribution in [1.82, 2.24) is 5.32 Å². The molecule has 2 aromatic rings. The van der Waals surface area contributed by atoms with Crippen LogP contribution >= 0.6 is 27.3 Å². The third-order valence-electron chi connectivity index (χ3n) is 3.77. The van der Waals surface area contributed by atoms with E-state index in [0.29, 0.717) is 5.92 Å². The van der Waals surface area contributed by atoms with Gasteiger partial charge in [0.15, 0.2) is 0 Å². The molecule has 1 aromatic carbocycles. The minimum atomic E-state index is 0.278. The van der Waals surface area contributed by atoms with E-state index >= 15 is 0 Å². The van der Waals surface area contributed by atoms with E-state index in [9.17, 15) is 0 Å². The first-order chi connectivity index (χ1) is 9.67. The van der Waals surface area contributed by atoms with Gasteiger partial charge in [-0.1, -0.05) is 45.0 Å². The molecule has 0 aliphatic carbocycles. The number of nitrogens with one attached hydrogen (secondary N) is 1. The zero-order valence-electron chi connectivity index (χ0n) is 12.3. The van der Waals surface area contributed by atoms with Crippen molar-refractivity contribution >= 4 is 27.3 Å². The predicted molar refractivity (Wildman–Crippen MR) is 92.7 cm³/mol. The number of thiophene rings is 1. The van der Waals surface area contributed by atoms with Gasteiger partial charge in [0, 0.05) is 9.35 Å². The molecular formula is C17H22BrNS. The first-order valence-electron chi connectivity index (χ1n) is 7.23. The molecule has 0 fully saturated rings. The van der Waals surface area contributed by atoms with Gasteiger partial charge >= 0.3 is 0 Å². The highest BCUT2D eigenvalue weighted by Gasteiger charge is 2.17. The second-order valence-corrected chi connectivity index (χ2v) is 6.90. The Morgan fingerprint density at radius 2 is 1.75 bits per heavy atom. The normalized spacial score (nSPS) is 14.2. The van der Waals surface area contributed by atoms with Gasteiger partial charge in [0.05, 0.1) is 6.04 Å². The van der Waals surface area contributed by atoms with Crippen LogP contribution in [0.4, 0.5) is 0 Å². The molecule has 0 saturated carbocycles. The Hall–Kier alpha value is -0.640. The maximum absolute atomic E-state index is 3.65. The van der Waals surface area contributed by atoms with Crippen LogP contribution in [0.3, 0.4) is 0 Å². The average molecular weight is 352 g/mol. The number of rotatable bonds is 6.